The summed E-state index contributed by atoms with van der Waals surface area (Å²) in [6.45, 7) is 7.67. The molecule has 0 saturated heterocycles. The molecular formula is C20H22Cl2N4O3. The Kier molecular flexibility index (Phi) is 5.57. The third kappa shape index (κ3) is 4.28. The van der Waals surface area contributed by atoms with Crippen LogP contribution in [0.5, 0.6) is 5.75 Å². The number of pyridine rings is 1. The third-order valence-electron chi connectivity index (χ3n) is 4.69. The van der Waals surface area contributed by atoms with Crippen molar-refractivity contribution in [3.8, 4) is 5.75 Å². The molecule has 154 valence electrons. The fraction of sp³-hybridized carbons (Fsp3) is 0.400. The van der Waals surface area contributed by atoms with Crippen molar-refractivity contribution in [1.29, 1.82) is 0 Å². The van der Waals surface area contributed by atoms with Crippen molar-refractivity contribution in [1.82, 2.24) is 10.0 Å². The molecule has 0 aliphatic carbocycles. The molecule has 9 heteroatoms. The van der Waals surface area contributed by atoms with E-state index in [-0.39, 0.29) is 0 Å². The van der Waals surface area contributed by atoms with Crippen molar-refractivity contribution in [2.24, 2.45) is 4.99 Å². The number of aliphatic imine (C=N–C) groups is 1. The van der Waals surface area contributed by atoms with E-state index in [1.165, 1.54) is 0 Å². The Morgan fingerprint density at radius 2 is 2.03 bits per heavy atom. The zero-order chi connectivity index (χ0) is 20.6. The van der Waals surface area contributed by atoms with Gasteiger partial charge in [0.2, 0.25) is 11.7 Å². The first kappa shape index (κ1) is 20.2. The second-order valence-electron chi connectivity index (χ2n) is 7.27. The van der Waals surface area contributed by atoms with Gasteiger partial charge < -0.3 is 14.8 Å². The fourth-order valence-electron chi connectivity index (χ4n) is 3.15. The number of nitrogens with zero attached hydrogens (tertiary/aromatic N) is 3. The maximum absolute atomic E-state index is 6.25. The number of hydrogen-bond donors (Lipinski definition) is 1. The number of benzene rings is 1. The fourth-order valence-corrected chi connectivity index (χ4v) is 3.64. The minimum absolute atomic E-state index is 0.305. The lowest BCUT2D eigenvalue weighted by atomic mass is 10.1. The van der Waals surface area contributed by atoms with E-state index in [1.807, 2.05) is 20.8 Å². The Bertz CT molecular complexity index is 945. The van der Waals surface area contributed by atoms with Crippen LogP contribution in [0, 0.1) is 6.92 Å². The SMILES string of the molecule is Cc1ncc(CON2CCN=C2Nc2c(Cl)cccc2Cl)c2c1OC(C)(C)OC2. The maximum Gasteiger partial charge on any atom is 0.223 e. The molecule has 2 aliphatic rings. The smallest absolute Gasteiger partial charge is 0.223 e. The predicted molar refractivity (Wildman–Crippen MR) is 112 cm³/mol. The van der Waals surface area contributed by atoms with Crippen LogP contribution in [0.1, 0.15) is 30.7 Å². The van der Waals surface area contributed by atoms with E-state index in [9.17, 15) is 0 Å². The summed E-state index contributed by atoms with van der Waals surface area (Å²) in [5, 5.41) is 5.89. The van der Waals surface area contributed by atoms with Crippen molar-refractivity contribution in [2.45, 2.75) is 39.8 Å². The van der Waals surface area contributed by atoms with Gasteiger partial charge in [-0.05, 0) is 19.1 Å². The first-order valence-electron chi connectivity index (χ1n) is 9.30. The predicted octanol–water partition coefficient (Wildman–Crippen LogP) is 4.56. The summed E-state index contributed by atoms with van der Waals surface area (Å²) in [5.74, 6) is 0.646. The summed E-state index contributed by atoms with van der Waals surface area (Å²) < 4.78 is 11.8. The van der Waals surface area contributed by atoms with Crippen LogP contribution >= 0.6 is 23.2 Å². The first-order valence-corrected chi connectivity index (χ1v) is 10.1. The Balaban J connectivity index is 1.48. The van der Waals surface area contributed by atoms with Crippen molar-refractivity contribution >= 4 is 34.8 Å². The van der Waals surface area contributed by atoms with Crippen LogP contribution in [-0.2, 0) is 22.8 Å². The normalized spacial score (nSPS) is 17.6. The Labute approximate surface area is 179 Å². The van der Waals surface area contributed by atoms with E-state index in [1.54, 1.807) is 29.5 Å². The molecule has 0 fully saturated rings. The van der Waals surface area contributed by atoms with Crippen LogP contribution < -0.4 is 10.1 Å². The van der Waals surface area contributed by atoms with Crippen LogP contribution in [-0.4, -0.2) is 34.9 Å². The average molecular weight is 437 g/mol. The number of anilines is 1. The highest BCUT2D eigenvalue weighted by Crippen LogP contribution is 2.35. The molecule has 1 N–H and O–H groups in total. The third-order valence-corrected chi connectivity index (χ3v) is 5.32. The molecule has 4 rings (SSSR count). The van der Waals surface area contributed by atoms with E-state index in [0.29, 0.717) is 48.0 Å². The van der Waals surface area contributed by atoms with Gasteiger partial charge in [-0.2, -0.15) is 0 Å². The molecule has 29 heavy (non-hydrogen) atoms. The molecule has 1 aromatic carbocycles. The lowest BCUT2D eigenvalue weighted by molar-refractivity contribution is -0.181. The first-order chi connectivity index (χ1) is 13.8. The molecule has 7 nitrogen and oxygen atoms in total. The van der Waals surface area contributed by atoms with Gasteiger partial charge in [-0.15, -0.1) is 0 Å². The number of rotatable bonds is 4. The van der Waals surface area contributed by atoms with Crippen LogP contribution in [0.2, 0.25) is 10.0 Å². The monoisotopic (exact) mass is 436 g/mol. The van der Waals surface area contributed by atoms with Gasteiger partial charge in [0.05, 0.1) is 41.1 Å². The maximum atomic E-state index is 6.25. The van der Waals surface area contributed by atoms with Crippen LogP contribution in [0.15, 0.2) is 29.4 Å². The molecule has 0 amide bonds. The molecule has 0 saturated carbocycles. The number of guanidine groups is 1. The highest BCUT2D eigenvalue weighted by atomic mass is 35.5. The van der Waals surface area contributed by atoms with E-state index in [4.69, 9.17) is 37.5 Å². The second-order valence-corrected chi connectivity index (χ2v) is 8.08. The summed E-state index contributed by atoms with van der Waals surface area (Å²) >= 11 is 12.5. The standard InChI is InChI=1S/C20H22Cl2N4O3/c1-12-18-14(11-27-20(2,3)29-18)13(9-24-12)10-28-26-8-7-23-19(26)25-17-15(21)5-4-6-16(17)22/h4-6,9H,7-8,10-11H2,1-3H3,(H,23,25). The number of nitrogens with one attached hydrogen (secondary N) is 1. The summed E-state index contributed by atoms with van der Waals surface area (Å²) in [5.41, 5.74) is 3.29. The Morgan fingerprint density at radius 3 is 2.79 bits per heavy atom. The van der Waals surface area contributed by atoms with Crippen LogP contribution in [0.3, 0.4) is 0 Å². The van der Waals surface area contributed by atoms with Crippen LogP contribution in [0.25, 0.3) is 0 Å². The van der Waals surface area contributed by atoms with E-state index in [0.717, 1.165) is 22.6 Å². The molecule has 0 spiro atoms. The topological polar surface area (TPSA) is 68.2 Å². The van der Waals surface area contributed by atoms with Gasteiger partial charge >= 0.3 is 0 Å². The molecule has 3 heterocycles. The number of aromatic nitrogens is 1. The molecular weight excluding hydrogens is 415 g/mol. The van der Waals surface area contributed by atoms with Crippen molar-refractivity contribution in [3.63, 3.8) is 0 Å². The zero-order valence-corrected chi connectivity index (χ0v) is 18.0. The van der Waals surface area contributed by atoms with Gasteiger partial charge in [0.15, 0.2) is 0 Å². The van der Waals surface area contributed by atoms with Gasteiger partial charge in [0, 0.05) is 31.2 Å². The van der Waals surface area contributed by atoms with Gasteiger partial charge in [-0.1, -0.05) is 29.3 Å². The largest absolute Gasteiger partial charge is 0.461 e. The number of hydroxylamine groups is 2. The van der Waals surface area contributed by atoms with E-state index >= 15 is 0 Å². The number of fused-ring (bicyclic) bond motifs is 1. The average Bonchev–Trinajstić information content (AvgIpc) is 3.11. The molecule has 1 aromatic heterocycles. The Hall–Kier alpha value is -2.06. The van der Waals surface area contributed by atoms with Crippen molar-refractivity contribution in [3.05, 3.63) is 51.3 Å². The Morgan fingerprint density at radius 1 is 1.28 bits per heavy atom. The molecule has 0 bridgehead atoms. The highest BCUT2D eigenvalue weighted by molar-refractivity contribution is 6.39. The summed E-state index contributed by atoms with van der Waals surface area (Å²) in [7, 11) is 0. The number of halogens is 2. The minimum atomic E-state index is -0.675. The van der Waals surface area contributed by atoms with Crippen LogP contribution in [0.4, 0.5) is 5.69 Å². The summed E-state index contributed by atoms with van der Waals surface area (Å²) in [6.07, 6.45) is 1.80. The number of aryl methyl sites for hydroxylation is 1. The van der Waals surface area contributed by atoms with Crippen molar-refractivity contribution in [2.75, 3.05) is 18.4 Å². The van der Waals surface area contributed by atoms with Gasteiger partial charge in [0.25, 0.3) is 0 Å². The summed E-state index contributed by atoms with van der Waals surface area (Å²) in [6, 6.07) is 5.32. The summed E-state index contributed by atoms with van der Waals surface area (Å²) in [4.78, 5) is 14.9. The van der Waals surface area contributed by atoms with Crippen molar-refractivity contribution < 1.29 is 14.3 Å². The minimum Gasteiger partial charge on any atom is -0.461 e. The molecule has 2 aliphatic heterocycles. The quantitative estimate of drug-likeness (QED) is 0.757. The van der Waals surface area contributed by atoms with E-state index in [2.05, 4.69) is 15.3 Å². The lowest BCUT2D eigenvalue weighted by Crippen LogP contribution is -2.37. The zero-order valence-electron chi connectivity index (χ0n) is 16.5. The van der Waals surface area contributed by atoms with E-state index < -0.39 is 5.79 Å². The molecule has 0 radical (unpaired) electrons. The number of para-hydroxylation sites is 1. The number of hydrogen-bond acceptors (Lipinski definition) is 7. The lowest BCUT2D eigenvalue weighted by Gasteiger charge is -2.34. The molecule has 0 atom stereocenters. The highest BCUT2D eigenvalue weighted by Gasteiger charge is 2.31. The van der Waals surface area contributed by atoms with Gasteiger partial charge in [-0.25, -0.2) is 10.1 Å². The van der Waals surface area contributed by atoms with Gasteiger partial charge in [0.1, 0.15) is 12.4 Å². The van der Waals surface area contributed by atoms with Gasteiger partial charge in [-0.3, -0.25) is 9.82 Å². The second kappa shape index (κ2) is 7.99. The molecule has 0 unspecified atom stereocenters. The number of ether oxygens (including phenoxy) is 2. The molecule has 2 aromatic rings.